The molecule has 13 heteroatoms. The van der Waals surface area contributed by atoms with E-state index < -0.39 is 42.9 Å². The molecule has 7 N–H and O–H groups in total. The lowest BCUT2D eigenvalue weighted by atomic mass is 10.0. The highest BCUT2D eigenvalue weighted by molar-refractivity contribution is 9.10. The topological polar surface area (TPSA) is 172 Å². The number of carboxylic acid groups (broad SMARTS) is 1. The molecule has 0 aromatic heterocycles. The number of carbonyl (C=O) groups is 3. The summed E-state index contributed by atoms with van der Waals surface area (Å²) in [5.74, 6) is -2.26. The number of rotatable bonds is 8. The van der Waals surface area contributed by atoms with Crippen LogP contribution in [0.4, 0.5) is 5.69 Å². The fourth-order valence-electron chi connectivity index (χ4n) is 3.41. The SMILES string of the molecule is Cc1ccc(C(=O)NCC(=O)NC(CC(=O)O)c2cc(Br)cc(Cl)c2O)cc1NC1=NCC(O)CN1. The molecule has 36 heavy (non-hydrogen) atoms. The van der Waals surface area contributed by atoms with E-state index in [0.29, 0.717) is 22.7 Å². The van der Waals surface area contributed by atoms with Crippen LogP contribution >= 0.6 is 27.5 Å². The van der Waals surface area contributed by atoms with Crippen molar-refractivity contribution >= 4 is 57.0 Å². The van der Waals surface area contributed by atoms with Crippen molar-refractivity contribution in [1.82, 2.24) is 16.0 Å². The Balaban J connectivity index is 1.65. The number of nitrogens with one attached hydrogen (secondary N) is 4. The van der Waals surface area contributed by atoms with Gasteiger partial charge < -0.3 is 36.6 Å². The summed E-state index contributed by atoms with van der Waals surface area (Å²) in [6.07, 6.45) is -1.07. The summed E-state index contributed by atoms with van der Waals surface area (Å²) in [5, 5.41) is 40.1. The zero-order chi connectivity index (χ0) is 26.4. The first-order chi connectivity index (χ1) is 17.0. The number of aromatic hydroxyl groups is 1. The van der Waals surface area contributed by atoms with Gasteiger partial charge in [0, 0.05) is 27.8 Å². The number of phenols is 1. The molecule has 0 bridgehead atoms. The molecule has 2 amide bonds. The van der Waals surface area contributed by atoms with Crippen molar-refractivity contribution in [2.45, 2.75) is 25.5 Å². The number of β-amino-alcohol motifs (C(OH)–C–C–N with tert-alkyl or cyclic N) is 1. The third-order valence-corrected chi connectivity index (χ3v) is 6.02. The van der Waals surface area contributed by atoms with Crippen molar-refractivity contribution in [3.63, 3.8) is 0 Å². The maximum atomic E-state index is 12.7. The van der Waals surface area contributed by atoms with Crippen LogP contribution in [0.15, 0.2) is 39.8 Å². The molecule has 0 spiro atoms. The van der Waals surface area contributed by atoms with Crippen LogP contribution in [-0.4, -0.2) is 64.8 Å². The molecule has 192 valence electrons. The van der Waals surface area contributed by atoms with Gasteiger partial charge >= 0.3 is 5.97 Å². The molecule has 2 aromatic rings. The Morgan fingerprint density at radius 2 is 2.03 bits per heavy atom. The van der Waals surface area contributed by atoms with Crippen molar-refractivity contribution in [3.8, 4) is 5.75 Å². The number of carboxylic acids is 1. The molecule has 2 aromatic carbocycles. The van der Waals surface area contributed by atoms with Crippen LogP contribution in [0.1, 0.15) is 33.9 Å². The summed E-state index contributed by atoms with van der Waals surface area (Å²) in [7, 11) is 0. The molecule has 0 saturated carbocycles. The molecule has 1 heterocycles. The fourth-order valence-corrected chi connectivity index (χ4v) is 4.25. The Hall–Kier alpha value is -3.35. The summed E-state index contributed by atoms with van der Waals surface area (Å²) in [6, 6.07) is 6.75. The molecular formula is C23H25BrClN5O6. The van der Waals surface area contributed by atoms with E-state index in [9.17, 15) is 29.7 Å². The van der Waals surface area contributed by atoms with Gasteiger partial charge in [-0.05, 0) is 36.8 Å². The lowest BCUT2D eigenvalue weighted by Gasteiger charge is -2.21. The van der Waals surface area contributed by atoms with E-state index in [1.165, 1.54) is 12.1 Å². The quantitative estimate of drug-likeness (QED) is 0.247. The highest BCUT2D eigenvalue weighted by Crippen LogP contribution is 2.36. The fraction of sp³-hybridized carbons (Fsp3) is 0.304. The molecule has 0 saturated heterocycles. The van der Waals surface area contributed by atoms with Gasteiger partial charge in [-0.2, -0.15) is 0 Å². The average Bonchev–Trinajstić information content (AvgIpc) is 2.82. The Morgan fingerprint density at radius 1 is 1.28 bits per heavy atom. The van der Waals surface area contributed by atoms with E-state index in [-0.39, 0.29) is 28.4 Å². The summed E-state index contributed by atoms with van der Waals surface area (Å²) < 4.78 is 0.493. The van der Waals surface area contributed by atoms with E-state index in [4.69, 9.17) is 11.6 Å². The van der Waals surface area contributed by atoms with Gasteiger partial charge in [-0.1, -0.05) is 33.6 Å². The predicted molar refractivity (Wildman–Crippen MR) is 137 cm³/mol. The van der Waals surface area contributed by atoms with Gasteiger partial charge in [0.25, 0.3) is 5.91 Å². The van der Waals surface area contributed by atoms with E-state index in [1.54, 1.807) is 18.2 Å². The lowest BCUT2D eigenvalue weighted by molar-refractivity contribution is -0.137. The van der Waals surface area contributed by atoms with Gasteiger partial charge in [0.05, 0.1) is 36.7 Å². The number of hydrogen-bond donors (Lipinski definition) is 7. The molecule has 1 aliphatic rings. The maximum Gasteiger partial charge on any atom is 0.305 e. The number of amides is 2. The lowest BCUT2D eigenvalue weighted by Crippen LogP contribution is -2.42. The zero-order valence-corrected chi connectivity index (χ0v) is 21.5. The number of guanidine groups is 1. The molecule has 2 unspecified atom stereocenters. The number of aliphatic hydroxyl groups excluding tert-OH is 1. The van der Waals surface area contributed by atoms with Crippen molar-refractivity contribution in [2.24, 2.45) is 4.99 Å². The van der Waals surface area contributed by atoms with Gasteiger partial charge in [-0.25, -0.2) is 0 Å². The Morgan fingerprint density at radius 3 is 2.69 bits per heavy atom. The largest absolute Gasteiger partial charge is 0.506 e. The van der Waals surface area contributed by atoms with E-state index in [1.807, 2.05) is 6.92 Å². The first-order valence-corrected chi connectivity index (χ1v) is 12.0. The molecule has 0 aliphatic carbocycles. The molecule has 0 radical (unpaired) electrons. The minimum absolute atomic E-state index is 0.00771. The molecule has 0 fully saturated rings. The van der Waals surface area contributed by atoms with Crippen LogP contribution in [0.3, 0.4) is 0 Å². The van der Waals surface area contributed by atoms with Crippen molar-refractivity contribution in [3.05, 3.63) is 56.5 Å². The second-order valence-electron chi connectivity index (χ2n) is 8.10. The van der Waals surface area contributed by atoms with Crippen LogP contribution in [0.2, 0.25) is 5.02 Å². The number of aliphatic carboxylic acids is 1. The number of phenolic OH excluding ortho intramolecular Hbond substituents is 1. The van der Waals surface area contributed by atoms with Gasteiger partial charge in [0.2, 0.25) is 5.91 Å². The third kappa shape index (κ3) is 7.33. The number of anilines is 1. The van der Waals surface area contributed by atoms with E-state index in [0.717, 1.165) is 5.56 Å². The second kappa shape index (κ2) is 12.1. The number of aryl methyl sites for hydroxylation is 1. The number of aliphatic imine (C=N–C) groups is 1. The molecule has 2 atom stereocenters. The number of hydrogen-bond acceptors (Lipinski definition) is 8. The first kappa shape index (κ1) is 27.2. The number of benzene rings is 2. The molecule has 11 nitrogen and oxygen atoms in total. The average molecular weight is 583 g/mol. The van der Waals surface area contributed by atoms with Crippen LogP contribution in [0.25, 0.3) is 0 Å². The minimum atomic E-state index is -1.20. The third-order valence-electron chi connectivity index (χ3n) is 5.27. The second-order valence-corrected chi connectivity index (χ2v) is 9.43. The Labute approximate surface area is 220 Å². The summed E-state index contributed by atoms with van der Waals surface area (Å²) in [5.41, 5.74) is 1.88. The van der Waals surface area contributed by atoms with Crippen molar-refractivity contribution in [1.29, 1.82) is 0 Å². The number of carbonyl (C=O) groups excluding carboxylic acids is 2. The normalized spacial score (nSPS) is 15.8. The Bertz CT molecular complexity index is 1210. The minimum Gasteiger partial charge on any atom is -0.506 e. The molecular weight excluding hydrogens is 558 g/mol. The smallest absolute Gasteiger partial charge is 0.305 e. The number of nitrogens with zero attached hydrogens (tertiary/aromatic N) is 1. The first-order valence-electron chi connectivity index (χ1n) is 10.8. The Kier molecular flexibility index (Phi) is 9.13. The van der Waals surface area contributed by atoms with Crippen LogP contribution in [-0.2, 0) is 9.59 Å². The van der Waals surface area contributed by atoms with E-state index in [2.05, 4.69) is 42.2 Å². The van der Waals surface area contributed by atoms with Gasteiger partial charge in [-0.3, -0.25) is 19.4 Å². The monoisotopic (exact) mass is 581 g/mol. The highest BCUT2D eigenvalue weighted by Gasteiger charge is 2.23. The highest BCUT2D eigenvalue weighted by atomic mass is 79.9. The van der Waals surface area contributed by atoms with Gasteiger partial charge in [-0.15, -0.1) is 0 Å². The molecule has 3 rings (SSSR count). The van der Waals surface area contributed by atoms with Crippen LogP contribution in [0.5, 0.6) is 5.75 Å². The summed E-state index contributed by atoms with van der Waals surface area (Å²) >= 11 is 9.20. The van der Waals surface area contributed by atoms with Crippen LogP contribution < -0.4 is 21.3 Å². The maximum absolute atomic E-state index is 12.7. The molecule has 1 aliphatic heterocycles. The van der Waals surface area contributed by atoms with Crippen LogP contribution in [0, 0.1) is 6.92 Å². The summed E-state index contributed by atoms with van der Waals surface area (Å²) in [4.78, 5) is 40.7. The standard InChI is InChI=1S/C23H25BrClN5O6/c1-11-2-3-12(4-17(11)30-23-27-8-14(31)9-28-23)22(36)26-10-19(32)29-18(7-20(33)34)15-5-13(24)6-16(25)21(15)35/h2-6,14,18,31,35H,7-10H2,1H3,(H,26,36)(H,29,32)(H,33,34)(H2,27,28,30). The predicted octanol–water partition coefficient (Wildman–Crippen LogP) is 1.91. The van der Waals surface area contributed by atoms with Gasteiger partial charge in [0.1, 0.15) is 5.75 Å². The van der Waals surface area contributed by atoms with Crippen molar-refractivity contribution in [2.75, 3.05) is 25.0 Å². The van der Waals surface area contributed by atoms with E-state index >= 15 is 0 Å². The van der Waals surface area contributed by atoms with Crippen molar-refractivity contribution < 1.29 is 29.7 Å². The van der Waals surface area contributed by atoms with Gasteiger partial charge in [0.15, 0.2) is 5.96 Å². The number of halogens is 2. The summed E-state index contributed by atoms with van der Waals surface area (Å²) in [6.45, 7) is 2.03. The zero-order valence-electron chi connectivity index (χ0n) is 19.1. The number of aliphatic hydroxyl groups is 1.